The molecule has 9 nitrogen and oxygen atoms in total. The molecule has 246 valence electrons. The van der Waals surface area contributed by atoms with Gasteiger partial charge in [-0.05, 0) is 68.7 Å². The number of methoxy groups -OCH3 is 3. The van der Waals surface area contributed by atoms with Crippen LogP contribution in [0.15, 0.2) is 90.4 Å². The van der Waals surface area contributed by atoms with Gasteiger partial charge >= 0.3 is 8.53 Å². The summed E-state index contributed by atoms with van der Waals surface area (Å²) in [7, 11) is 3.34. The minimum Gasteiger partial charge on any atom is -0.497 e. The molecule has 0 spiro atoms. The van der Waals surface area contributed by atoms with E-state index >= 15 is 0 Å². The smallest absolute Gasteiger partial charge is 0.321 e. The summed E-state index contributed by atoms with van der Waals surface area (Å²) < 4.78 is 45.1. The fraction of sp³-hybridized carbons (Fsp3) is 0.417. The molecule has 46 heavy (non-hydrogen) atoms. The van der Waals surface area contributed by atoms with Crippen LogP contribution in [0.4, 0.5) is 0 Å². The van der Waals surface area contributed by atoms with Gasteiger partial charge in [0.1, 0.15) is 30.3 Å². The SMILES string of the molecule is COc1ccc(C(OCC2=C(OP(OCCC#N)N(C(C)C)C(C)C)C(OC)CO2)(c2ccccc2)c2ccc(OC)cc2)cc1. The van der Waals surface area contributed by atoms with Gasteiger partial charge < -0.3 is 32.7 Å². The van der Waals surface area contributed by atoms with Crippen LogP contribution in [-0.4, -0.2) is 64.0 Å². The number of nitrogens with zero attached hydrogens (tertiary/aromatic N) is 2. The van der Waals surface area contributed by atoms with Crippen molar-refractivity contribution in [3.05, 3.63) is 107 Å². The predicted molar refractivity (Wildman–Crippen MR) is 178 cm³/mol. The quantitative estimate of drug-likeness (QED) is 0.0835. The first-order chi connectivity index (χ1) is 22.3. The zero-order valence-corrected chi connectivity index (χ0v) is 28.7. The van der Waals surface area contributed by atoms with Gasteiger partial charge in [-0.15, -0.1) is 0 Å². The van der Waals surface area contributed by atoms with Gasteiger partial charge in [0, 0.05) is 19.2 Å². The lowest BCUT2D eigenvalue weighted by molar-refractivity contribution is 0.00385. The number of ether oxygens (including phenoxy) is 5. The maximum Gasteiger partial charge on any atom is 0.321 e. The Kier molecular flexibility index (Phi) is 12.8. The van der Waals surface area contributed by atoms with Crippen LogP contribution >= 0.6 is 8.53 Å². The highest BCUT2D eigenvalue weighted by Crippen LogP contribution is 2.50. The second-order valence-electron chi connectivity index (χ2n) is 11.3. The average molecular weight is 649 g/mol. The second kappa shape index (κ2) is 16.8. The molecule has 1 aliphatic rings. The predicted octanol–water partition coefficient (Wildman–Crippen LogP) is 7.56. The normalized spacial score (nSPS) is 15.6. The summed E-state index contributed by atoms with van der Waals surface area (Å²) in [5.41, 5.74) is 1.70. The Morgan fingerprint density at radius 3 is 1.87 bits per heavy atom. The minimum absolute atomic E-state index is 0.0763. The Bertz CT molecular complexity index is 1380. The van der Waals surface area contributed by atoms with Crippen LogP contribution < -0.4 is 9.47 Å². The van der Waals surface area contributed by atoms with Gasteiger partial charge in [-0.2, -0.15) is 5.26 Å². The highest BCUT2D eigenvalue weighted by atomic mass is 31.2. The zero-order chi connectivity index (χ0) is 33.1. The van der Waals surface area contributed by atoms with E-state index in [1.807, 2.05) is 66.7 Å². The Morgan fingerprint density at radius 1 is 0.848 bits per heavy atom. The van der Waals surface area contributed by atoms with Crippen molar-refractivity contribution in [3.8, 4) is 17.6 Å². The van der Waals surface area contributed by atoms with Crippen LogP contribution in [0.25, 0.3) is 0 Å². The van der Waals surface area contributed by atoms with Crippen LogP contribution in [0.2, 0.25) is 0 Å². The summed E-state index contributed by atoms with van der Waals surface area (Å²) in [6.07, 6.45) is -0.188. The highest BCUT2D eigenvalue weighted by molar-refractivity contribution is 7.44. The molecule has 3 aromatic rings. The highest BCUT2D eigenvalue weighted by Gasteiger charge is 2.41. The lowest BCUT2D eigenvalue weighted by atomic mass is 9.80. The zero-order valence-electron chi connectivity index (χ0n) is 27.8. The van der Waals surface area contributed by atoms with Gasteiger partial charge in [0.05, 0.1) is 33.3 Å². The molecular weight excluding hydrogens is 603 g/mol. The van der Waals surface area contributed by atoms with Crippen molar-refractivity contribution in [2.45, 2.75) is 57.9 Å². The average Bonchev–Trinajstić information content (AvgIpc) is 3.46. The number of rotatable bonds is 17. The molecular formula is C36H45N2O7P. The van der Waals surface area contributed by atoms with Crippen LogP contribution in [0, 0.1) is 11.3 Å². The van der Waals surface area contributed by atoms with E-state index in [0.717, 1.165) is 28.2 Å². The molecule has 0 aromatic heterocycles. The number of hydrogen-bond acceptors (Lipinski definition) is 9. The van der Waals surface area contributed by atoms with Crippen LogP contribution in [0.5, 0.6) is 11.5 Å². The molecule has 0 fully saturated rings. The maximum atomic E-state index is 9.17. The summed E-state index contributed by atoms with van der Waals surface area (Å²) in [6, 6.07) is 28.3. The molecule has 0 amide bonds. The van der Waals surface area contributed by atoms with Gasteiger partial charge in [0.15, 0.2) is 17.6 Å². The molecule has 4 rings (SSSR count). The Balaban J connectivity index is 1.81. The van der Waals surface area contributed by atoms with E-state index < -0.39 is 20.2 Å². The molecule has 0 saturated heterocycles. The number of benzene rings is 3. The van der Waals surface area contributed by atoms with Gasteiger partial charge in [-0.25, -0.2) is 4.67 Å². The van der Waals surface area contributed by atoms with E-state index in [2.05, 4.69) is 50.6 Å². The van der Waals surface area contributed by atoms with E-state index in [0.29, 0.717) is 11.5 Å². The largest absolute Gasteiger partial charge is 0.497 e. The molecule has 1 aliphatic heterocycles. The first-order valence-electron chi connectivity index (χ1n) is 15.4. The van der Waals surface area contributed by atoms with Gasteiger partial charge in [-0.3, -0.25) is 0 Å². The molecule has 0 saturated carbocycles. The number of hydrogen-bond donors (Lipinski definition) is 0. The van der Waals surface area contributed by atoms with Crippen LogP contribution in [-0.2, 0) is 28.9 Å². The molecule has 1 heterocycles. The topological polar surface area (TPSA) is 91.6 Å². The van der Waals surface area contributed by atoms with Crippen molar-refractivity contribution in [1.29, 1.82) is 5.26 Å². The molecule has 3 aromatic carbocycles. The first-order valence-corrected chi connectivity index (χ1v) is 16.5. The van der Waals surface area contributed by atoms with Crippen molar-refractivity contribution in [1.82, 2.24) is 4.67 Å². The van der Waals surface area contributed by atoms with Crippen molar-refractivity contribution < 1.29 is 32.7 Å². The van der Waals surface area contributed by atoms with E-state index in [9.17, 15) is 5.26 Å². The van der Waals surface area contributed by atoms with E-state index in [-0.39, 0.29) is 38.3 Å². The summed E-state index contributed by atoms with van der Waals surface area (Å²) in [4.78, 5) is 0. The first kappa shape index (κ1) is 35.2. The standard InChI is InChI=1S/C36H45N2O7P/c1-26(2)38(27(3)4)46(44-23-11-22-37)45-35-33(41-7)24-42-34(35)25-43-36(28-12-9-8-10-13-28,29-14-18-31(39-5)19-15-29)30-16-20-32(40-6)21-17-30/h8-10,12-21,26-27,33H,11,23-25H2,1-7H3. The molecule has 0 bridgehead atoms. The summed E-state index contributed by atoms with van der Waals surface area (Å²) >= 11 is 0. The van der Waals surface area contributed by atoms with E-state index in [1.165, 1.54) is 0 Å². The van der Waals surface area contributed by atoms with E-state index in [1.54, 1.807) is 21.3 Å². The molecule has 0 N–H and O–H groups in total. The van der Waals surface area contributed by atoms with Gasteiger partial charge in [0.25, 0.3) is 0 Å². The Labute approximate surface area is 274 Å². The fourth-order valence-corrected chi connectivity index (χ4v) is 7.19. The second-order valence-corrected chi connectivity index (χ2v) is 12.6. The van der Waals surface area contributed by atoms with E-state index in [4.69, 9.17) is 32.7 Å². The third-order valence-electron chi connectivity index (χ3n) is 7.69. The van der Waals surface area contributed by atoms with Crippen molar-refractivity contribution >= 4 is 8.53 Å². The van der Waals surface area contributed by atoms with Gasteiger partial charge in [-0.1, -0.05) is 54.6 Å². The lowest BCUT2D eigenvalue weighted by Gasteiger charge is -2.37. The van der Waals surface area contributed by atoms with Crippen molar-refractivity contribution in [2.75, 3.05) is 41.2 Å². The third kappa shape index (κ3) is 8.01. The minimum atomic E-state index is -1.59. The molecule has 0 aliphatic carbocycles. The Hall–Kier alpha value is -3.64. The van der Waals surface area contributed by atoms with Crippen molar-refractivity contribution in [2.24, 2.45) is 0 Å². The summed E-state index contributed by atoms with van der Waals surface area (Å²) in [5, 5.41) is 9.17. The van der Waals surface area contributed by atoms with Crippen molar-refractivity contribution in [3.63, 3.8) is 0 Å². The maximum absolute atomic E-state index is 9.17. The fourth-order valence-electron chi connectivity index (χ4n) is 5.52. The lowest BCUT2D eigenvalue weighted by Crippen LogP contribution is -2.34. The van der Waals surface area contributed by atoms with Gasteiger partial charge in [0.2, 0.25) is 0 Å². The summed E-state index contributed by atoms with van der Waals surface area (Å²) in [6.45, 7) is 9.00. The third-order valence-corrected chi connectivity index (χ3v) is 9.75. The Morgan fingerprint density at radius 2 is 1.39 bits per heavy atom. The van der Waals surface area contributed by atoms with Crippen LogP contribution in [0.1, 0.15) is 50.8 Å². The molecule has 10 heteroatoms. The molecule has 2 atom stereocenters. The number of nitriles is 1. The molecule has 0 radical (unpaired) electrons. The van der Waals surface area contributed by atoms with Crippen LogP contribution in [0.3, 0.4) is 0 Å². The summed E-state index contributed by atoms with van der Waals surface area (Å²) in [5.74, 6) is 2.54. The monoisotopic (exact) mass is 648 g/mol. The molecule has 2 unspecified atom stereocenters.